The number of nitrogens with zero attached hydrogens (tertiary/aromatic N) is 1. The fraction of sp³-hybridized carbons (Fsp3) is 0.333. The first kappa shape index (κ1) is 24.5. The summed E-state index contributed by atoms with van der Waals surface area (Å²) >= 11 is 6.34. The van der Waals surface area contributed by atoms with Crippen molar-refractivity contribution in [3.63, 3.8) is 0 Å². The van der Waals surface area contributed by atoms with E-state index in [1.165, 1.54) is 35.9 Å². The van der Waals surface area contributed by atoms with Crippen molar-refractivity contribution in [2.24, 2.45) is 5.92 Å². The van der Waals surface area contributed by atoms with Gasteiger partial charge in [0.1, 0.15) is 11.5 Å². The van der Waals surface area contributed by atoms with Gasteiger partial charge in [-0.3, -0.25) is 14.2 Å². The molecule has 0 aliphatic rings. The number of aliphatic carboxylic acids is 1. The van der Waals surface area contributed by atoms with Gasteiger partial charge in [-0.25, -0.2) is 0 Å². The van der Waals surface area contributed by atoms with Crippen LogP contribution in [0.1, 0.15) is 47.8 Å². The molecule has 3 aromatic rings. The molecular weight excluding hydrogens is 456 g/mol. The summed E-state index contributed by atoms with van der Waals surface area (Å²) in [7, 11) is 1.45. The first-order valence-corrected chi connectivity index (χ1v) is 10.7. The first-order valence-electron chi connectivity index (χ1n) is 10.3. The smallest absolute Gasteiger partial charge is 0.387 e. The van der Waals surface area contributed by atoms with E-state index < -0.39 is 24.4 Å². The number of fused-ring (bicyclic) bond motifs is 1. The molecule has 33 heavy (non-hydrogen) atoms. The van der Waals surface area contributed by atoms with Gasteiger partial charge in [0.2, 0.25) is 0 Å². The number of aromatic nitrogens is 1. The summed E-state index contributed by atoms with van der Waals surface area (Å²) in [6.07, 6.45) is 0.618. The summed E-state index contributed by atoms with van der Waals surface area (Å²) in [4.78, 5) is 25.7. The van der Waals surface area contributed by atoms with Crippen LogP contribution in [0.25, 0.3) is 10.9 Å². The Balaban J connectivity index is 2.25. The second kappa shape index (κ2) is 9.79. The largest absolute Gasteiger partial charge is 0.495 e. The Labute approximate surface area is 194 Å². The zero-order valence-corrected chi connectivity index (χ0v) is 19.3. The molecule has 0 amide bonds. The highest BCUT2D eigenvalue weighted by atomic mass is 35.5. The lowest BCUT2D eigenvalue weighted by Crippen LogP contribution is -2.21. The number of benzene rings is 2. The molecule has 0 aliphatic heterocycles. The van der Waals surface area contributed by atoms with Gasteiger partial charge >= 0.3 is 12.6 Å². The van der Waals surface area contributed by atoms with Crippen LogP contribution in [0.2, 0.25) is 5.02 Å². The van der Waals surface area contributed by atoms with E-state index in [0.717, 1.165) is 0 Å². The molecule has 6 nitrogen and oxygen atoms in total. The summed E-state index contributed by atoms with van der Waals surface area (Å²) in [6.45, 7) is 2.45. The van der Waals surface area contributed by atoms with Crippen molar-refractivity contribution >= 4 is 34.4 Å². The second-order valence-corrected chi connectivity index (χ2v) is 8.16. The average molecular weight is 480 g/mol. The fourth-order valence-corrected chi connectivity index (χ4v) is 4.28. The normalized spacial score (nSPS) is 13.2. The number of halogens is 3. The van der Waals surface area contributed by atoms with E-state index in [1.807, 2.05) is 13.8 Å². The summed E-state index contributed by atoms with van der Waals surface area (Å²) in [5.41, 5.74) is 1.61. The van der Waals surface area contributed by atoms with Crippen molar-refractivity contribution in [1.82, 2.24) is 4.57 Å². The number of carbonyl (C=O) groups excluding carboxylic acids is 1. The van der Waals surface area contributed by atoms with E-state index in [4.69, 9.17) is 16.3 Å². The molecule has 1 N–H and O–H groups in total. The maximum atomic E-state index is 13.5. The Bertz CT molecular complexity index is 1190. The Kier molecular flexibility index (Phi) is 7.27. The number of methoxy groups -OCH3 is 1. The number of ether oxygens (including phenoxy) is 2. The molecule has 9 heteroatoms. The van der Waals surface area contributed by atoms with Gasteiger partial charge < -0.3 is 14.6 Å². The van der Waals surface area contributed by atoms with Crippen molar-refractivity contribution in [2.45, 2.75) is 39.7 Å². The quantitative estimate of drug-likeness (QED) is 0.421. The molecule has 0 radical (unpaired) electrons. The number of hydrogen-bond donors (Lipinski definition) is 1. The number of hydrogen-bond acceptors (Lipinski definition) is 4. The van der Waals surface area contributed by atoms with E-state index >= 15 is 0 Å². The standard InChI is InChI=1S/C24H24ClF2NO5/c1-5-12(2)20(23(30)31)21-13(3)28(18-11-17(25)19(32-4)10-16(18)21)22(29)14-6-8-15(9-7-14)33-24(26)27/h6-12,20,24H,5H2,1-4H3,(H,30,31). The summed E-state index contributed by atoms with van der Waals surface area (Å²) in [5, 5.41) is 10.8. The third-order valence-corrected chi connectivity index (χ3v) is 6.14. The van der Waals surface area contributed by atoms with E-state index in [1.54, 1.807) is 19.1 Å². The molecule has 2 unspecified atom stereocenters. The molecule has 0 aliphatic carbocycles. The molecule has 1 heterocycles. The van der Waals surface area contributed by atoms with Gasteiger partial charge in [-0.2, -0.15) is 8.78 Å². The topological polar surface area (TPSA) is 77.8 Å². The maximum absolute atomic E-state index is 13.5. The number of carbonyl (C=O) groups is 2. The van der Waals surface area contributed by atoms with Crippen LogP contribution < -0.4 is 9.47 Å². The Hall–Kier alpha value is -3.13. The van der Waals surface area contributed by atoms with E-state index in [0.29, 0.717) is 34.3 Å². The monoisotopic (exact) mass is 479 g/mol. The van der Waals surface area contributed by atoms with Crippen LogP contribution >= 0.6 is 11.6 Å². The summed E-state index contributed by atoms with van der Waals surface area (Å²) in [5.74, 6) is -2.24. The van der Waals surface area contributed by atoms with Crippen molar-refractivity contribution in [2.75, 3.05) is 7.11 Å². The van der Waals surface area contributed by atoms with Crippen LogP contribution in [-0.4, -0.2) is 35.3 Å². The van der Waals surface area contributed by atoms with Crippen molar-refractivity contribution in [1.29, 1.82) is 0 Å². The lowest BCUT2D eigenvalue weighted by atomic mass is 9.84. The SMILES string of the molecule is CCC(C)C(C(=O)O)c1c(C)n(C(=O)c2ccc(OC(F)F)cc2)c2cc(Cl)c(OC)cc12. The Morgan fingerprint density at radius 2 is 1.82 bits per heavy atom. The third kappa shape index (κ3) is 4.66. The predicted molar refractivity (Wildman–Crippen MR) is 121 cm³/mol. The van der Waals surface area contributed by atoms with Crippen LogP contribution in [0.3, 0.4) is 0 Å². The van der Waals surface area contributed by atoms with Crippen molar-refractivity contribution in [3.05, 3.63) is 58.2 Å². The third-order valence-electron chi connectivity index (χ3n) is 5.85. The number of alkyl halides is 2. The lowest BCUT2D eigenvalue weighted by molar-refractivity contribution is -0.140. The van der Waals surface area contributed by atoms with Gasteiger partial charge in [-0.15, -0.1) is 0 Å². The van der Waals surface area contributed by atoms with E-state index in [2.05, 4.69) is 4.74 Å². The first-order chi connectivity index (χ1) is 15.6. The van der Waals surface area contributed by atoms with Gasteiger partial charge in [0, 0.05) is 16.6 Å². The minimum Gasteiger partial charge on any atom is -0.495 e. The number of carboxylic acid groups (broad SMARTS) is 1. The van der Waals surface area contributed by atoms with Crippen molar-refractivity contribution in [3.8, 4) is 11.5 Å². The molecule has 0 fully saturated rings. The van der Waals surface area contributed by atoms with Crippen LogP contribution in [0.5, 0.6) is 11.5 Å². The zero-order chi connectivity index (χ0) is 24.4. The Morgan fingerprint density at radius 3 is 2.33 bits per heavy atom. The van der Waals surface area contributed by atoms with Gasteiger partial charge in [0.05, 0.1) is 23.6 Å². The van der Waals surface area contributed by atoms with Crippen molar-refractivity contribution < 1.29 is 33.0 Å². The van der Waals surface area contributed by atoms with E-state index in [9.17, 15) is 23.5 Å². The van der Waals surface area contributed by atoms with Crippen LogP contribution in [-0.2, 0) is 4.79 Å². The molecule has 176 valence electrons. The van der Waals surface area contributed by atoms with Gasteiger partial charge in [0.25, 0.3) is 5.91 Å². The number of rotatable bonds is 8. The minimum absolute atomic E-state index is 0.0770. The molecule has 0 spiro atoms. The van der Waals surface area contributed by atoms with Crippen LogP contribution in [0, 0.1) is 12.8 Å². The molecular formula is C24H24ClF2NO5. The van der Waals surface area contributed by atoms with Gasteiger partial charge in [0.15, 0.2) is 0 Å². The van der Waals surface area contributed by atoms with Gasteiger partial charge in [-0.05, 0) is 54.8 Å². The molecule has 1 aromatic heterocycles. The summed E-state index contributed by atoms with van der Waals surface area (Å²) < 4.78 is 36.0. The number of carboxylic acids is 1. The summed E-state index contributed by atoms with van der Waals surface area (Å²) in [6, 6.07) is 8.50. The zero-order valence-electron chi connectivity index (χ0n) is 18.6. The Morgan fingerprint density at radius 1 is 1.18 bits per heavy atom. The highest BCUT2D eigenvalue weighted by molar-refractivity contribution is 6.33. The molecule has 3 rings (SSSR count). The molecule has 2 atom stereocenters. The maximum Gasteiger partial charge on any atom is 0.387 e. The average Bonchev–Trinajstić information content (AvgIpc) is 3.03. The predicted octanol–water partition coefficient (Wildman–Crippen LogP) is 6.12. The highest BCUT2D eigenvalue weighted by Gasteiger charge is 2.33. The molecule has 2 aromatic carbocycles. The fourth-order valence-electron chi connectivity index (χ4n) is 4.05. The molecule has 0 bridgehead atoms. The second-order valence-electron chi connectivity index (χ2n) is 7.75. The van der Waals surface area contributed by atoms with Crippen LogP contribution in [0.15, 0.2) is 36.4 Å². The highest BCUT2D eigenvalue weighted by Crippen LogP contribution is 2.41. The van der Waals surface area contributed by atoms with Gasteiger partial charge in [-0.1, -0.05) is 31.9 Å². The van der Waals surface area contributed by atoms with E-state index in [-0.39, 0.29) is 22.3 Å². The van der Waals surface area contributed by atoms with Crippen LogP contribution in [0.4, 0.5) is 8.78 Å². The molecule has 0 saturated heterocycles. The molecule has 0 saturated carbocycles. The minimum atomic E-state index is -2.98. The lowest BCUT2D eigenvalue weighted by Gasteiger charge is -2.20.